The van der Waals surface area contributed by atoms with Crippen molar-refractivity contribution in [1.29, 1.82) is 0 Å². The molecule has 0 saturated carbocycles. The molecule has 0 unspecified atom stereocenters. The Hall–Kier alpha value is -0.0451. The molecule has 0 rings (SSSR count). The summed E-state index contributed by atoms with van der Waals surface area (Å²) in [6, 6.07) is 0. The second kappa shape index (κ2) is 3.95. The highest BCUT2D eigenvalue weighted by Crippen LogP contribution is 1.73. The van der Waals surface area contributed by atoms with Crippen LogP contribution in [0.5, 0.6) is 0 Å². The van der Waals surface area contributed by atoms with Crippen molar-refractivity contribution in [3.63, 3.8) is 0 Å². The van der Waals surface area contributed by atoms with Gasteiger partial charge in [-0.15, -0.1) is 0 Å². The minimum atomic E-state index is 0.622. The summed E-state index contributed by atoms with van der Waals surface area (Å²) in [4.78, 5) is 3.07. The van der Waals surface area contributed by atoms with E-state index in [2.05, 4.69) is 4.86 Å². The second-order valence-electron chi connectivity index (χ2n) is 0.664. The summed E-state index contributed by atoms with van der Waals surface area (Å²) >= 11 is 0. The lowest BCUT2D eigenvalue weighted by molar-refractivity contribution is -0.00281. The molecule has 1 nitrogen and oxygen atoms in total. The van der Waals surface area contributed by atoms with Gasteiger partial charge in [0.25, 0.3) is 0 Å². The quantitative estimate of drug-likeness (QED) is 0.444. The Morgan fingerprint density at radius 1 is 2.00 bits per heavy atom. The molecule has 1 radical (unpaired) electrons. The first-order valence-corrected chi connectivity index (χ1v) is 1.51. The largest absolute Gasteiger partial charge is 0.351 e. The van der Waals surface area contributed by atoms with E-state index in [9.17, 15) is 4.53 Å². The Bertz CT molecular complexity index is 17.1. The van der Waals surface area contributed by atoms with E-state index in [0.717, 1.165) is 7.48 Å². The summed E-state index contributed by atoms with van der Waals surface area (Å²) in [5.74, 6) is 0. The van der Waals surface area contributed by atoms with Gasteiger partial charge in [-0.25, -0.2) is 0 Å². The Morgan fingerprint density at radius 3 is 2.60 bits per heavy atom. The number of hydrogen-bond acceptors (Lipinski definition) is 1. The van der Waals surface area contributed by atoms with Crippen LogP contribution in [0.1, 0.15) is 6.92 Å². The molecule has 0 bridgehead atoms. The van der Waals surface area contributed by atoms with Crippen LogP contribution in [0.15, 0.2) is 0 Å². The van der Waals surface area contributed by atoms with E-state index in [-0.39, 0.29) is 0 Å². The molecule has 0 N–H and O–H groups in total. The topological polar surface area (TPSA) is 9.23 Å². The fourth-order valence-corrected chi connectivity index (χ4v) is 0.0630. The van der Waals surface area contributed by atoms with Crippen LogP contribution >= 0.6 is 0 Å². The third-order valence-corrected chi connectivity index (χ3v) is 0.230. The van der Waals surface area contributed by atoms with E-state index in [1.54, 1.807) is 6.92 Å². The zero-order valence-electron chi connectivity index (χ0n) is 3.07. The van der Waals surface area contributed by atoms with Gasteiger partial charge in [-0.05, 0) is 0 Å². The van der Waals surface area contributed by atoms with Gasteiger partial charge in [-0.2, -0.15) is 0 Å². The van der Waals surface area contributed by atoms with Gasteiger partial charge < -0.3 is 0 Å². The van der Waals surface area contributed by atoms with Gasteiger partial charge in [0.15, 0.2) is 0 Å². The summed E-state index contributed by atoms with van der Waals surface area (Å²) in [5.41, 5.74) is 0. The summed E-state index contributed by atoms with van der Waals surface area (Å²) in [7, 11) is 1.08. The molecular formula is C2H5BFO. The lowest BCUT2D eigenvalue weighted by Crippen LogP contribution is -1.81. The highest BCUT2D eigenvalue weighted by atomic mass is 19.3. The Labute approximate surface area is 31.3 Å². The van der Waals surface area contributed by atoms with Crippen LogP contribution in [-0.4, -0.2) is 7.48 Å². The molecule has 0 saturated heterocycles. The molecule has 0 fully saturated rings. The fourth-order valence-electron chi connectivity index (χ4n) is 0.0630. The van der Waals surface area contributed by atoms with Crippen molar-refractivity contribution in [1.82, 2.24) is 0 Å². The van der Waals surface area contributed by atoms with Crippen molar-refractivity contribution < 1.29 is 9.39 Å². The Balaban J connectivity index is 2.19. The van der Waals surface area contributed by atoms with Crippen LogP contribution in [0.2, 0.25) is 6.32 Å². The Morgan fingerprint density at radius 2 is 2.60 bits per heavy atom. The van der Waals surface area contributed by atoms with Crippen molar-refractivity contribution in [2.45, 2.75) is 13.2 Å². The first-order chi connectivity index (χ1) is 2.41. The number of halogens is 1. The van der Waals surface area contributed by atoms with Crippen LogP contribution in [0.25, 0.3) is 0 Å². The molecule has 0 aliphatic rings. The zero-order valence-corrected chi connectivity index (χ0v) is 3.07. The molecule has 0 heterocycles. The molecule has 0 aromatic carbocycles. The summed E-state index contributed by atoms with van der Waals surface area (Å²) in [6.07, 6.45) is 0.622. The van der Waals surface area contributed by atoms with E-state index in [1.807, 2.05) is 0 Å². The zero-order chi connectivity index (χ0) is 4.12. The van der Waals surface area contributed by atoms with Crippen LogP contribution in [0.4, 0.5) is 4.53 Å². The van der Waals surface area contributed by atoms with Crippen LogP contribution in [0.3, 0.4) is 0 Å². The molecule has 0 aromatic rings. The minimum Gasteiger partial charge on any atom is -0.270 e. The fraction of sp³-hybridized carbons (Fsp3) is 1.00. The SMILES string of the molecule is CC[B]OF. The van der Waals surface area contributed by atoms with Crippen molar-refractivity contribution in [2.75, 3.05) is 0 Å². The van der Waals surface area contributed by atoms with Gasteiger partial charge in [0.05, 0.1) is 0 Å². The summed E-state index contributed by atoms with van der Waals surface area (Å²) < 4.78 is 10.4. The number of hydrogen-bond donors (Lipinski definition) is 0. The van der Waals surface area contributed by atoms with Crippen molar-refractivity contribution in [3.8, 4) is 0 Å². The van der Waals surface area contributed by atoms with Gasteiger partial charge in [0.1, 0.15) is 0 Å². The highest BCUT2D eigenvalue weighted by Gasteiger charge is 1.79. The molecule has 29 valence electrons. The highest BCUT2D eigenvalue weighted by molar-refractivity contribution is 6.26. The van der Waals surface area contributed by atoms with Crippen LogP contribution in [-0.2, 0) is 4.86 Å². The maximum absolute atomic E-state index is 10.4. The van der Waals surface area contributed by atoms with E-state index >= 15 is 0 Å². The maximum Gasteiger partial charge on any atom is 0.351 e. The van der Waals surface area contributed by atoms with E-state index in [4.69, 9.17) is 0 Å². The molecule has 0 aromatic heterocycles. The average molecular weight is 74.9 g/mol. The van der Waals surface area contributed by atoms with Gasteiger partial charge in [-0.1, -0.05) is 17.8 Å². The third kappa shape index (κ3) is 3.95. The van der Waals surface area contributed by atoms with E-state index in [0.29, 0.717) is 6.32 Å². The van der Waals surface area contributed by atoms with Crippen LogP contribution < -0.4 is 0 Å². The Kier molecular flexibility index (Phi) is 3.92. The smallest absolute Gasteiger partial charge is 0.270 e. The lowest BCUT2D eigenvalue weighted by Gasteiger charge is -1.73. The van der Waals surface area contributed by atoms with E-state index < -0.39 is 0 Å². The van der Waals surface area contributed by atoms with Gasteiger partial charge in [0.2, 0.25) is 0 Å². The van der Waals surface area contributed by atoms with Crippen LogP contribution in [0, 0.1) is 0 Å². The second-order valence-corrected chi connectivity index (χ2v) is 0.664. The molecule has 0 aliphatic heterocycles. The molecule has 0 amide bonds. The lowest BCUT2D eigenvalue weighted by atomic mass is 9.99. The van der Waals surface area contributed by atoms with Crippen molar-refractivity contribution in [3.05, 3.63) is 0 Å². The first kappa shape index (κ1) is 4.95. The molecular weight excluding hydrogens is 69.8 g/mol. The molecule has 0 aliphatic carbocycles. The molecule has 5 heavy (non-hydrogen) atoms. The number of rotatable bonds is 2. The predicted octanol–water partition coefficient (Wildman–Crippen LogP) is 0.945. The predicted molar refractivity (Wildman–Crippen MR) is 18.4 cm³/mol. The minimum absolute atomic E-state index is 0.622. The van der Waals surface area contributed by atoms with E-state index in [1.165, 1.54) is 0 Å². The van der Waals surface area contributed by atoms with Gasteiger partial charge in [-0.3, -0.25) is 4.86 Å². The van der Waals surface area contributed by atoms with Gasteiger partial charge in [0, 0.05) is 0 Å². The summed E-state index contributed by atoms with van der Waals surface area (Å²) in [6.45, 7) is 1.79. The standard InChI is InChI=1S/C2H5BFO/c1-2-3-5-4/h2H2,1H3. The average Bonchev–Trinajstić information content (AvgIpc) is 1.41. The van der Waals surface area contributed by atoms with Crippen molar-refractivity contribution >= 4 is 7.48 Å². The van der Waals surface area contributed by atoms with Gasteiger partial charge >= 0.3 is 7.48 Å². The molecule has 0 spiro atoms. The normalized spacial score (nSPS) is 7.60. The maximum atomic E-state index is 10.4. The molecule has 3 heteroatoms. The summed E-state index contributed by atoms with van der Waals surface area (Å²) in [5, 5.41) is 0. The third-order valence-electron chi connectivity index (χ3n) is 0.230. The first-order valence-electron chi connectivity index (χ1n) is 1.51. The monoisotopic (exact) mass is 75.0 g/mol. The molecule has 0 atom stereocenters. The van der Waals surface area contributed by atoms with Crippen molar-refractivity contribution in [2.24, 2.45) is 0 Å².